The molecule has 0 radical (unpaired) electrons. The van der Waals surface area contributed by atoms with Gasteiger partial charge in [0, 0.05) is 38.4 Å². The Morgan fingerprint density at radius 2 is 1.81 bits per heavy atom. The first-order valence-corrected chi connectivity index (χ1v) is 8.51. The molecule has 0 amide bonds. The highest BCUT2D eigenvalue weighted by Crippen LogP contribution is 2.21. The van der Waals surface area contributed by atoms with Gasteiger partial charge in [0.2, 0.25) is 10.0 Å². The maximum atomic E-state index is 13.4. The third-order valence-electron chi connectivity index (χ3n) is 3.49. The fourth-order valence-electron chi connectivity index (χ4n) is 2.55. The lowest BCUT2D eigenvalue weighted by Crippen LogP contribution is -2.49. The second-order valence-corrected chi connectivity index (χ2v) is 7.76. The van der Waals surface area contributed by atoms with Gasteiger partial charge in [-0.2, -0.15) is 4.31 Å². The van der Waals surface area contributed by atoms with Crippen molar-refractivity contribution < 1.29 is 12.8 Å². The fourth-order valence-corrected chi connectivity index (χ4v) is 4.04. The van der Waals surface area contributed by atoms with Gasteiger partial charge in [-0.3, -0.25) is 0 Å². The first kappa shape index (κ1) is 16.2. The summed E-state index contributed by atoms with van der Waals surface area (Å²) in [7, 11) is -3.67. The van der Waals surface area contributed by atoms with Crippen molar-refractivity contribution in [2.24, 2.45) is 5.92 Å². The standard InChI is InChI=1S/C14H22FN3O2S/c1-11(2)10-17-3-5-18(6-4-17)21(19,20)14-8-12(15)7-13(16)9-14/h7-9,11H,3-6,10,16H2,1-2H3. The molecular formula is C14H22FN3O2S. The summed E-state index contributed by atoms with van der Waals surface area (Å²) in [4.78, 5) is 2.17. The molecule has 2 N–H and O–H groups in total. The van der Waals surface area contributed by atoms with Crippen molar-refractivity contribution in [3.63, 3.8) is 0 Å². The molecule has 0 saturated carbocycles. The van der Waals surface area contributed by atoms with E-state index in [-0.39, 0.29) is 10.6 Å². The van der Waals surface area contributed by atoms with E-state index in [1.807, 2.05) is 0 Å². The van der Waals surface area contributed by atoms with E-state index in [4.69, 9.17) is 5.73 Å². The minimum Gasteiger partial charge on any atom is -0.399 e. The topological polar surface area (TPSA) is 66.6 Å². The number of hydrogen-bond acceptors (Lipinski definition) is 4. The van der Waals surface area contributed by atoms with Crippen LogP contribution >= 0.6 is 0 Å². The number of sulfonamides is 1. The molecule has 1 aromatic carbocycles. The van der Waals surface area contributed by atoms with Gasteiger partial charge >= 0.3 is 0 Å². The monoisotopic (exact) mass is 315 g/mol. The molecule has 1 aliphatic heterocycles. The Labute approximate surface area is 125 Å². The van der Waals surface area contributed by atoms with Gasteiger partial charge < -0.3 is 10.6 Å². The van der Waals surface area contributed by atoms with Gasteiger partial charge in [-0.1, -0.05) is 13.8 Å². The van der Waals surface area contributed by atoms with Gasteiger partial charge in [0.1, 0.15) is 5.82 Å². The van der Waals surface area contributed by atoms with Crippen molar-refractivity contribution >= 4 is 15.7 Å². The van der Waals surface area contributed by atoms with Crippen LogP contribution < -0.4 is 5.73 Å². The smallest absolute Gasteiger partial charge is 0.243 e. The average Bonchev–Trinajstić information content (AvgIpc) is 2.37. The van der Waals surface area contributed by atoms with Crippen LogP contribution in [0.15, 0.2) is 23.1 Å². The highest BCUT2D eigenvalue weighted by molar-refractivity contribution is 7.89. The van der Waals surface area contributed by atoms with E-state index in [0.29, 0.717) is 32.1 Å². The highest BCUT2D eigenvalue weighted by Gasteiger charge is 2.29. The Morgan fingerprint density at radius 1 is 1.19 bits per heavy atom. The van der Waals surface area contributed by atoms with E-state index in [2.05, 4.69) is 18.7 Å². The van der Waals surface area contributed by atoms with E-state index in [0.717, 1.165) is 18.7 Å². The fraction of sp³-hybridized carbons (Fsp3) is 0.571. The van der Waals surface area contributed by atoms with E-state index >= 15 is 0 Å². The maximum Gasteiger partial charge on any atom is 0.243 e. The maximum absolute atomic E-state index is 13.4. The molecule has 1 saturated heterocycles. The summed E-state index contributed by atoms with van der Waals surface area (Å²) in [5.41, 5.74) is 5.65. The van der Waals surface area contributed by atoms with E-state index in [1.54, 1.807) is 0 Å². The Balaban J connectivity index is 2.11. The van der Waals surface area contributed by atoms with Crippen molar-refractivity contribution in [1.29, 1.82) is 0 Å². The van der Waals surface area contributed by atoms with Crippen LogP contribution in [0.1, 0.15) is 13.8 Å². The highest BCUT2D eigenvalue weighted by atomic mass is 32.2. The third-order valence-corrected chi connectivity index (χ3v) is 5.36. The molecule has 0 aromatic heterocycles. The van der Waals surface area contributed by atoms with Crippen molar-refractivity contribution in [3.8, 4) is 0 Å². The average molecular weight is 315 g/mol. The van der Waals surface area contributed by atoms with Crippen LogP contribution in [0.2, 0.25) is 0 Å². The van der Waals surface area contributed by atoms with Crippen LogP contribution in [0.3, 0.4) is 0 Å². The lowest BCUT2D eigenvalue weighted by molar-refractivity contribution is 0.172. The van der Waals surface area contributed by atoms with Crippen molar-refractivity contribution in [1.82, 2.24) is 9.21 Å². The van der Waals surface area contributed by atoms with Crippen LogP contribution in [0, 0.1) is 11.7 Å². The molecule has 0 spiro atoms. The molecular weight excluding hydrogens is 293 g/mol. The number of nitrogens with two attached hydrogens (primary N) is 1. The number of benzene rings is 1. The number of nitrogen functional groups attached to an aromatic ring is 1. The normalized spacial score (nSPS) is 18.3. The predicted octanol–water partition coefficient (Wildman–Crippen LogP) is 1.37. The SMILES string of the molecule is CC(C)CN1CCN(S(=O)(=O)c2cc(N)cc(F)c2)CC1. The summed E-state index contributed by atoms with van der Waals surface area (Å²) in [6, 6.07) is 3.44. The molecule has 118 valence electrons. The second-order valence-electron chi connectivity index (χ2n) is 5.82. The van der Waals surface area contributed by atoms with Gasteiger partial charge in [0.15, 0.2) is 0 Å². The van der Waals surface area contributed by atoms with Crippen LogP contribution in [0.4, 0.5) is 10.1 Å². The van der Waals surface area contributed by atoms with Gasteiger partial charge in [0.05, 0.1) is 4.90 Å². The number of anilines is 1. The van der Waals surface area contributed by atoms with Gasteiger partial charge in [-0.15, -0.1) is 0 Å². The minimum atomic E-state index is -3.67. The summed E-state index contributed by atoms with van der Waals surface area (Å²) < 4.78 is 39.8. The number of rotatable bonds is 4. The zero-order valence-corrected chi connectivity index (χ0v) is 13.2. The second kappa shape index (κ2) is 6.29. The van der Waals surface area contributed by atoms with E-state index in [9.17, 15) is 12.8 Å². The lowest BCUT2D eigenvalue weighted by Gasteiger charge is -2.34. The molecule has 0 bridgehead atoms. The van der Waals surface area contributed by atoms with Crippen LogP contribution in [0.5, 0.6) is 0 Å². The third kappa shape index (κ3) is 3.93. The first-order chi connectivity index (χ1) is 9.79. The van der Waals surface area contributed by atoms with Crippen LogP contribution in [-0.4, -0.2) is 50.3 Å². The minimum absolute atomic E-state index is 0.0719. The molecule has 0 atom stereocenters. The van der Waals surface area contributed by atoms with Gasteiger partial charge in [-0.05, 0) is 24.1 Å². The van der Waals surface area contributed by atoms with Crippen molar-refractivity contribution in [3.05, 3.63) is 24.0 Å². The van der Waals surface area contributed by atoms with Crippen LogP contribution in [-0.2, 0) is 10.0 Å². The molecule has 5 nitrogen and oxygen atoms in total. The number of piperazine rings is 1. The summed E-state index contributed by atoms with van der Waals surface area (Å²) in [6.45, 7) is 7.47. The zero-order chi connectivity index (χ0) is 15.6. The van der Waals surface area contributed by atoms with E-state index < -0.39 is 15.8 Å². The number of hydrogen-bond donors (Lipinski definition) is 1. The Hall–Kier alpha value is -1.18. The predicted molar refractivity (Wildman–Crippen MR) is 80.8 cm³/mol. The summed E-state index contributed by atoms with van der Waals surface area (Å²) in [6.07, 6.45) is 0. The Morgan fingerprint density at radius 3 is 2.33 bits per heavy atom. The molecule has 1 aromatic rings. The van der Waals surface area contributed by atoms with Gasteiger partial charge in [-0.25, -0.2) is 12.8 Å². The zero-order valence-electron chi connectivity index (χ0n) is 12.4. The molecule has 0 unspecified atom stereocenters. The lowest BCUT2D eigenvalue weighted by atomic mass is 10.2. The summed E-state index contributed by atoms with van der Waals surface area (Å²) in [5, 5.41) is 0. The number of halogens is 1. The summed E-state index contributed by atoms with van der Waals surface area (Å²) >= 11 is 0. The Bertz CT molecular complexity index is 576. The van der Waals surface area contributed by atoms with Crippen molar-refractivity contribution in [2.45, 2.75) is 18.7 Å². The molecule has 2 rings (SSSR count). The largest absolute Gasteiger partial charge is 0.399 e. The van der Waals surface area contributed by atoms with E-state index in [1.165, 1.54) is 10.4 Å². The molecule has 1 aliphatic rings. The molecule has 21 heavy (non-hydrogen) atoms. The summed E-state index contributed by atoms with van der Waals surface area (Å²) in [5.74, 6) is -0.0804. The van der Waals surface area contributed by atoms with Crippen molar-refractivity contribution in [2.75, 3.05) is 38.5 Å². The molecule has 7 heteroatoms. The quantitative estimate of drug-likeness (QED) is 0.852. The molecule has 0 aliphatic carbocycles. The molecule has 1 fully saturated rings. The number of nitrogens with zero attached hydrogens (tertiary/aromatic N) is 2. The Kier molecular flexibility index (Phi) is 4.85. The van der Waals surface area contributed by atoms with Gasteiger partial charge in [0.25, 0.3) is 0 Å². The first-order valence-electron chi connectivity index (χ1n) is 7.07. The van der Waals surface area contributed by atoms with Crippen LogP contribution in [0.25, 0.3) is 0 Å². The molecule has 1 heterocycles.